The zero-order chi connectivity index (χ0) is 16.0. The molecule has 4 nitrogen and oxygen atoms in total. The molecule has 2 rings (SSSR count). The van der Waals surface area contributed by atoms with E-state index < -0.39 is 0 Å². The summed E-state index contributed by atoms with van der Waals surface area (Å²) < 4.78 is 5.49. The number of benzene rings is 1. The second-order valence-electron chi connectivity index (χ2n) is 6.84. The molecule has 0 saturated heterocycles. The number of ether oxygens (including phenoxy) is 1. The van der Waals surface area contributed by atoms with Crippen molar-refractivity contribution >= 4 is 11.6 Å². The average molecular weight is 302 g/mol. The molecule has 0 bridgehead atoms. The smallest absolute Gasteiger partial charge is 0.277 e. The number of hydrazone groups is 1. The normalized spacial score (nSPS) is 15.3. The average Bonchev–Trinajstić information content (AvgIpc) is 2.51. The van der Waals surface area contributed by atoms with Crippen molar-refractivity contribution in [1.29, 1.82) is 0 Å². The van der Waals surface area contributed by atoms with Crippen LogP contribution in [0.3, 0.4) is 0 Å². The number of carbonyl (C=O) groups is 1. The van der Waals surface area contributed by atoms with Crippen LogP contribution in [0.15, 0.2) is 29.4 Å². The Bertz CT molecular complexity index is 519. The molecule has 0 spiro atoms. The van der Waals surface area contributed by atoms with Crippen LogP contribution in [0.4, 0.5) is 0 Å². The number of rotatable bonds is 4. The molecule has 1 saturated carbocycles. The van der Waals surface area contributed by atoms with Crippen molar-refractivity contribution in [3.05, 3.63) is 29.8 Å². The molecule has 1 amide bonds. The van der Waals surface area contributed by atoms with Gasteiger partial charge in [0.25, 0.3) is 5.91 Å². The van der Waals surface area contributed by atoms with Crippen molar-refractivity contribution in [3.63, 3.8) is 0 Å². The Labute approximate surface area is 132 Å². The van der Waals surface area contributed by atoms with Crippen LogP contribution in [-0.4, -0.2) is 18.2 Å². The first kappa shape index (κ1) is 16.5. The third-order valence-electron chi connectivity index (χ3n) is 3.86. The third-order valence-corrected chi connectivity index (χ3v) is 3.86. The van der Waals surface area contributed by atoms with E-state index in [1.54, 1.807) is 0 Å². The number of carbonyl (C=O) groups excluding carboxylic acids is 1. The SMILES string of the molecule is CC(C)(C)c1ccc(OCC(=O)NN=C2CCCCC2)cc1. The van der Waals surface area contributed by atoms with Crippen molar-refractivity contribution in [2.75, 3.05) is 6.61 Å². The number of nitrogens with one attached hydrogen (secondary N) is 1. The van der Waals surface area contributed by atoms with Crippen molar-refractivity contribution in [2.24, 2.45) is 5.10 Å². The number of nitrogens with zero attached hydrogens (tertiary/aromatic N) is 1. The minimum atomic E-state index is -0.210. The lowest BCUT2D eigenvalue weighted by Crippen LogP contribution is -2.26. The third kappa shape index (κ3) is 5.17. The highest BCUT2D eigenvalue weighted by Gasteiger charge is 2.13. The predicted octanol–water partition coefficient (Wildman–Crippen LogP) is 3.80. The quantitative estimate of drug-likeness (QED) is 0.860. The summed E-state index contributed by atoms with van der Waals surface area (Å²) in [5.74, 6) is 0.492. The van der Waals surface area contributed by atoms with Gasteiger partial charge in [0.15, 0.2) is 6.61 Å². The van der Waals surface area contributed by atoms with Crippen LogP contribution >= 0.6 is 0 Å². The maximum Gasteiger partial charge on any atom is 0.277 e. The van der Waals surface area contributed by atoms with E-state index in [2.05, 4.69) is 31.3 Å². The highest BCUT2D eigenvalue weighted by atomic mass is 16.5. The molecular weight excluding hydrogens is 276 g/mol. The fourth-order valence-electron chi connectivity index (χ4n) is 2.45. The Morgan fingerprint density at radius 1 is 1.14 bits per heavy atom. The van der Waals surface area contributed by atoms with Crippen LogP contribution in [0.5, 0.6) is 5.75 Å². The van der Waals surface area contributed by atoms with E-state index in [1.807, 2.05) is 24.3 Å². The Morgan fingerprint density at radius 2 is 1.77 bits per heavy atom. The van der Waals surface area contributed by atoms with E-state index in [-0.39, 0.29) is 17.9 Å². The molecule has 1 aromatic rings. The van der Waals surface area contributed by atoms with Crippen LogP contribution in [0.1, 0.15) is 58.4 Å². The molecule has 1 fully saturated rings. The topological polar surface area (TPSA) is 50.7 Å². The first-order valence-corrected chi connectivity index (χ1v) is 8.03. The Kier molecular flexibility index (Phi) is 5.58. The molecule has 0 aliphatic heterocycles. The zero-order valence-corrected chi connectivity index (χ0v) is 13.8. The Hall–Kier alpha value is -1.84. The van der Waals surface area contributed by atoms with Gasteiger partial charge in [-0.3, -0.25) is 4.79 Å². The second kappa shape index (κ2) is 7.43. The van der Waals surface area contributed by atoms with Crippen molar-refractivity contribution in [2.45, 2.75) is 58.3 Å². The lowest BCUT2D eigenvalue weighted by Gasteiger charge is -2.19. The molecule has 1 aliphatic rings. The molecule has 0 heterocycles. The molecule has 0 unspecified atom stereocenters. The van der Waals surface area contributed by atoms with Crippen LogP contribution in [0, 0.1) is 0 Å². The lowest BCUT2D eigenvalue weighted by atomic mass is 9.87. The lowest BCUT2D eigenvalue weighted by molar-refractivity contribution is -0.123. The van der Waals surface area contributed by atoms with Crippen molar-refractivity contribution in [1.82, 2.24) is 5.43 Å². The van der Waals surface area contributed by atoms with Crippen LogP contribution in [0.25, 0.3) is 0 Å². The molecule has 0 radical (unpaired) electrons. The summed E-state index contributed by atoms with van der Waals surface area (Å²) in [4.78, 5) is 11.7. The Balaban J connectivity index is 1.78. The van der Waals surface area contributed by atoms with Crippen LogP contribution < -0.4 is 10.2 Å². The summed E-state index contributed by atoms with van der Waals surface area (Å²) in [5.41, 5.74) is 5.03. The largest absolute Gasteiger partial charge is 0.484 e. The molecule has 22 heavy (non-hydrogen) atoms. The highest BCUT2D eigenvalue weighted by molar-refractivity contribution is 5.87. The van der Waals surface area contributed by atoms with E-state index in [4.69, 9.17) is 4.74 Å². The number of hydrogen-bond acceptors (Lipinski definition) is 3. The molecule has 4 heteroatoms. The van der Waals surface area contributed by atoms with Crippen LogP contribution in [-0.2, 0) is 10.2 Å². The van der Waals surface area contributed by atoms with Crippen LogP contribution in [0.2, 0.25) is 0 Å². The van der Waals surface area contributed by atoms with Crippen molar-refractivity contribution < 1.29 is 9.53 Å². The molecule has 1 aromatic carbocycles. The van der Waals surface area contributed by atoms with Gasteiger partial charge in [-0.05, 0) is 48.8 Å². The summed E-state index contributed by atoms with van der Waals surface area (Å²) in [5, 5.41) is 4.18. The molecule has 0 aromatic heterocycles. The molecule has 0 atom stereocenters. The van der Waals surface area contributed by atoms with Gasteiger partial charge >= 0.3 is 0 Å². The summed E-state index contributed by atoms with van der Waals surface area (Å²) >= 11 is 0. The Morgan fingerprint density at radius 3 is 2.36 bits per heavy atom. The van der Waals surface area contributed by atoms with Gasteiger partial charge in [0, 0.05) is 5.71 Å². The minimum Gasteiger partial charge on any atom is -0.484 e. The van der Waals surface area contributed by atoms with E-state index >= 15 is 0 Å². The summed E-state index contributed by atoms with van der Waals surface area (Å²) in [6.45, 7) is 6.49. The molecular formula is C18H26N2O2. The van der Waals surface area contributed by atoms with Gasteiger partial charge < -0.3 is 4.74 Å². The summed E-state index contributed by atoms with van der Waals surface area (Å²) in [6.07, 6.45) is 5.60. The fraction of sp³-hybridized carbons (Fsp3) is 0.556. The number of hydrogen-bond donors (Lipinski definition) is 1. The van der Waals surface area contributed by atoms with E-state index in [0.717, 1.165) is 18.6 Å². The van der Waals surface area contributed by atoms with Gasteiger partial charge in [-0.25, -0.2) is 5.43 Å². The number of amides is 1. The second-order valence-corrected chi connectivity index (χ2v) is 6.84. The maximum atomic E-state index is 11.7. The molecule has 1 aliphatic carbocycles. The van der Waals surface area contributed by atoms with Gasteiger partial charge in [0.05, 0.1) is 0 Å². The van der Waals surface area contributed by atoms with Gasteiger partial charge in [0.1, 0.15) is 5.75 Å². The highest BCUT2D eigenvalue weighted by Crippen LogP contribution is 2.24. The van der Waals surface area contributed by atoms with Gasteiger partial charge in [0.2, 0.25) is 0 Å². The van der Waals surface area contributed by atoms with E-state index in [0.29, 0.717) is 5.75 Å². The zero-order valence-electron chi connectivity index (χ0n) is 13.8. The minimum absolute atomic E-state index is 0.00829. The predicted molar refractivity (Wildman–Crippen MR) is 89.3 cm³/mol. The molecule has 1 N–H and O–H groups in total. The summed E-state index contributed by atoms with van der Waals surface area (Å²) in [7, 11) is 0. The van der Waals surface area contributed by atoms with Gasteiger partial charge in [-0.15, -0.1) is 0 Å². The summed E-state index contributed by atoms with van der Waals surface area (Å²) in [6, 6.07) is 7.88. The van der Waals surface area contributed by atoms with Crippen molar-refractivity contribution in [3.8, 4) is 5.75 Å². The standard InChI is InChI=1S/C18H26N2O2/c1-18(2,3)14-9-11-16(12-10-14)22-13-17(21)20-19-15-7-5-4-6-8-15/h9-12H,4-8,13H2,1-3H3,(H,20,21). The fourth-order valence-corrected chi connectivity index (χ4v) is 2.45. The van der Waals surface area contributed by atoms with Gasteiger partial charge in [-0.1, -0.05) is 39.3 Å². The van der Waals surface area contributed by atoms with Gasteiger partial charge in [-0.2, -0.15) is 5.10 Å². The monoisotopic (exact) mass is 302 g/mol. The molecule has 120 valence electrons. The maximum absolute atomic E-state index is 11.7. The first-order valence-electron chi connectivity index (χ1n) is 8.03. The van der Waals surface area contributed by atoms with E-state index in [1.165, 1.54) is 24.8 Å². The first-order chi connectivity index (χ1) is 10.4. The van der Waals surface area contributed by atoms with E-state index in [9.17, 15) is 4.79 Å².